The smallest absolute Gasteiger partial charge is 0.272 e. The Bertz CT molecular complexity index is 986. The van der Waals surface area contributed by atoms with E-state index in [1.165, 1.54) is 0 Å². The van der Waals surface area contributed by atoms with Gasteiger partial charge in [-0.25, -0.2) is 4.98 Å². The summed E-state index contributed by atoms with van der Waals surface area (Å²) < 4.78 is 12.7. The van der Waals surface area contributed by atoms with E-state index >= 15 is 0 Å². The Morgan fingerprint density at radius 1 is 1.19 bits per heavy atom. The fraction of sp³-hybridized carbons (Fsp3) is 0.300. The van der Waals surface area contributed by atoms with Crippen LogP contribution in [0, 0.1) is 0 Å². The van der Waals surface area contributed by atoms with E-state index in [-0.39, 0.29) is 18.1 Å². The number of nitrogens with one attached hydrogen (secondary N) is 1. The Kier molecular flexibility index (Phi) is 3.83. The number of nitrogens with zero attached hydrogens (tertiary/aromatic N) is 2. The van der Waals surface area contributed by atoms with E-state index in [9.17, 15) is 4.79 Å². The molecule has 3 heterocycles. The summed E-state index contributed by atoms with van der Waals surface area (Å²) in [5.74, 6) is 2.11. The van der Waals surface area contributed by atoms with Crippen molar-refractivity contribution in [3.05, 3.63) is 59.7 Å². The molecule has 1 aliphatic heterocycles. The topological polar surface area (TPSA) is 64.9 Å². The number of pyridine rings is 1. The Morgan fingerprint density at radius 2 is 2.00 bits per heavy atom. The van der Waals surface area contributed by atoms with Crippen molar-refractivity contribution < 1.29 is 14.3 Å². The van der Waals surface area contributed by atoms with E-state index in [1.807, 2.05) is 47.0 Å². The largest absolute Gasteiger partial charge is 0.454 e. The third kappa shape index (κ3) is 2.87. The lowest BCUT2D eigenvalue weighted by atomic mass is 9.96. The SMILES string of the molecule is CC(C)(C)c1nc(C(=O)NCc2ccc3c(c2)OCO3)c2ccccn12. The van der Waals surface area contributed by atoms with Gasteiger partial charge in [0.25, 0.3) is 5.91 Å². The van der Waals surface area contributed by atoms with Crippen LogP contribution in [-0.2, 0) is 12.0 Å². The molecular weight excluding hydrogens is 330 g/mol. The second kappa shape index (κ2) is 6.05. The average molecular weight is 351 g/mol. The van der Waals surface area contributed by atoms with Crippen LogP contribution in [0.5, 0.6) is 11.5 Å². The standard InChI is InChI=1S/C20H21N3O3/c1-20(2,3)19-22-17(14-6-4-5-9-23(14)19)18(24)21-11-13-7-8-15-16(10-13)26-12-25-15/h4-10H,11-12H2,1-3H3,(H,21,24). The lowest BCUT2D eigenvalue weighted by molar-refractivity contribution is 0.0948. The number of aromatic nitrogens is 2. The molecule has 0 fully saturated rings. The van der Waals surface area contributed by atoms with Crippen LogP contribution in [0.2, 0.25) is 0 Å². The van der Waals surface area contributed by atoms with Crippen LogP contribution in [0.15, 0.2) is 42.6 Å². The molecule has 0 bridgehead atoms. The minimum atomic E-state index is -0.193. The number of amides is 1. The first-order valence-corrected chi connectivity index (χ1v) is 8.58. The predicted molar refractivity (Wildman–Crippen MR) is 97.6 cm³/mol. The molecule has 1 amide bonds. The van der Waals surface area contributed by atoms with Gasteiger partial charge in [0.15, 0.2) is 17.2 Å². The molecule has 1 aliphatic rings. The highest BCUT2D eigenvalue weighted by atomic mass is 16.7. The van der Waals surface area contributed by atoms with Gasteiger partial charge in [-0.2, -0.15) is 0 Å². The maximum atomic E-state index is 12.8. The van der Waals surface area contributed by atoms with Crippen LogP contribution in [0.25, 0.3) is 5.52 Å². The van der Waals surface area contributed by atoms with Crippen molar-refractivity contribution in [3.63, 3.8) is 0 Å². The number of rotatable bonds is 3. The van der Waals surface area contributed by atoms with Gasteiger partial charge in [0.2, 0.25) is 6.79 Å². The third-order valence-electron chi connectivity index (χ3n) is 4.32. The zero-order chi connectivity index (χ0) is 18.3. The second-order valence-corrected chi connectivity index (χ2v) is 7.36. The molecule has 6 heteroatoms. The summed E-state index contributed by atoms with van der Waals surface area (Å²) in [4.78, 5) is 17.4. The van der Waals surface area contributed by atoms with E-state index in [0.29, 0.717) is 18.0 Å². The van der Waals surface area contributed by atoms with E-state index in [4.69, 9.17) is 9.47 Å². The fourth-order valence-corrected chi connectivity index (χ4v) is 3.05. The van der Waals surface area contributed by atoms with Crippen LogP contribution in [-0.4, -0.2) is 22.1 Å². The summed E-state index contributed by atoms with van der Waals surface area (Å²) in [6.45, 7) is 6.89. The summed E-state index contributed by atoms with van der Waals surface area (Å²) in [5, 5.41) is 2.95. The van der Waals surface area contributed by atoms with Crippen LogP contribution >= 0.6 is 0 Å². The van der Waals surface area contributed by atoms with Gasteiger partial charge in [0.05, 0.1) is 5.52 Å². The zero-order valence-electron chi connectivity index (χ0n) is 15.1. The van der Waals surface area contributed by atoms with Gasteiger partial charge in [-0.15, -0.1) is 0 Å². The van der Waals surface area contributed by atoms with Crippen molar-refractivity contribution in [3.8, 4) is 11.5 Å². The number of fused-ring (bicyclic) bond motifs is 2. The molecule has 26 heavy (non-hydrogen) atoms. The van der Waals surface area contributed by atoms with Gasteiger partial charge in [-0.05, 0) is 29.8 Å². The molecule has 0 atom stereocenters. The summed E-state index contributed by atoms with van der Waals surface area (Å²) in [5.41, 5.74) is 2.03. The predicted octanol–water partition coefficient (Wildman–Crippen LogP) is 3.29. The van der Waals surface area contributed by atoms with Gasteiger partial charge in [-0.3, -0.25) is 4.79 Å². The summed E-state index contributed by atoms with van der Waals surface area (Å²) in [7, 11) is 0. The highest BCUT2D eigenvalue weighted by Gasteiger charge is 2.25. The molecule has 6 nitrogen and oxygen atoms in total. The fourth-order valence-electron chi connectivity index (χ4n) is 3.05. The molecule has 0 saturated heterocycles. The lowest BCUT2D eigenvalue weighted by Gasteiger charge is -2.16. The molecule has 0 unspecified atom stereocenters. The van der Waals surface area contributed by atoms with E-state index in [0.717, 1.165) is 22.7 Å². The molecule has 0 saturated carbocycles. The van der Waals surface area contributed by atoms with Gasteiger partial charge in [0, 0.05) is 18.2 Å². The second-order valence-electron chi connectivity index (χ2n) is 7.36. The minimum absolute atomic E-state index is 0.167. The van der Waals surface area contributed by atoms with E-state index < -0.39 is 0 Å². The van der Waals surface area contributed by atoms with Crippen LogP contribution in [0.4, 0.5) is 0 Å². The molecule has 1 aromatic carbocycles. The van der Waals surface area contributed by atoms with Crippen molar-refractivity contribution >= 4 is 11.4 Å². The first-order chi connectivity index (χ1) is 12.4. The normalized spacial score (nSPS) is 13.2. The van der Waals surface area contributed by atoms with Crippen molar-refractivity contribution in [2.24, 2.45) is 0 Å². The number of benzene rings is 1. The average Bonchev–Trinajstić information content (AvgIpc) is 3.23. The van der Waals surface area contributed by atoms with E-state index in [1.54, 1.807) is 0 Å². The molecular formula is C20H21N3O3. The minimum Gasteiger partial charge on any atom is -0.454 e. The number of imidazole rings is 1. The highest BCUT2D eigenvalue weighted by Crippen LogP contribution is 2.32. The zero-order valence-corrected chi connectivity index (χ0v) is 15.1. The number of carbonyl (C=O) groups excluding carboxylic acids is 1. The molecule has 3 aromatic rings. The molecule has 2 aromatic heterocycles. The monoisotopic (exact) mass is 351 g/mol. The lowest BCUT2D eigenvalue weighted by Crippen LogP contribution is -2.23. The molecule has 0 radical (unpaired) electrons. The molecule has 1 N–H and O–H groups in total. The highest BCUT2D eigenvalue weighted by molar-refractivity contribution is 5.99. The molecule has 134 valence electrons. The summed E-state index contributed by atoms with van der Waals surface area (Å²) in [6, 6.07) is 11.4. The van der Waals surface area contributed by atoms with Crippen LogP contribution in [0.1, 0.15) is 42.6 Å². The maximum absolute atomic E-state index is 12.8. The molecule has 0 spiro atoms. The van der Waals surface area contributed by atoms with Crippen LogP contribution < -0.4 is 14.8 Å². The number of hydrogen-bond donors (Lipinski definition) is 1. The number of ether oxygens (including phenoxy) is 2. The first kappa shape index (κ1) is 16.4. The van der Waals surface area contributed by atoms with Crippen molar-refractivity contribution in [2.45, 2.75) is 32.7 Å². The van der Waals surface area contributed by atoms with E-state index in [2.05, 4.69) is 31.1 Å². The Labute approximate surface area is 151 Å². The van der Waals surface area contributed by atoms with Crippen molar-refractivity contribution in [1.29, 1.82) is 0 Å². The third-order valence-corrected chi connectivity index (χ3v) is 4.32. The maximum Gasteiger partial charge on any atom is 0.272 e. The van der Waals surface area contributed by atoms with Crippen molar-refractivity contribution in [1.82, 2.24) is 14.7 Å². The number of carbonyl (C=O) groups is 1. The Hall–Kier alpha value is -3.02. The van der Waals surface area contributed by atoms with Gasteiger partial charge in [-0.1, -0.05) is 32.9 Å². The van der Waals surface area contributed by atoms with Crippen molar-refractivity contribution in [2.75, 3.05) is 6.79 Å². The van der Waals surface area contributed by atoms with Gasteiger partial charge >= 0.3 is 0 Å². The molecule has 0 aliphatic carbocycles. The van der Waals surface area contributed by atoms with Crippen LogP contribution in [0.3, 0.4) is 0 Å². The quantitative estimate of drug-likeness (QED) is 0.786. The number of hydrogen-bond acceptors (Lipinski definition) is 4. The Morgan fingerprint density at radius 3 is 2.81 bits per heavy atom. The molecule has 4 rings (SSSR count). The van der Waals surface area contributed by atoms with Gasteiger partial charge < -0.3 is 19.2 Å². The van der Waals surface area contributed by atoms with Gasteiger partial charge in [0.1, 0.15) is 5.82 Å². The first-order valence-electron chi connectivity index (χ1n) is 8.58. The Balaban J connectivity index is 1.59. The summed E-state index contributed by atoms with van der Waals surface area (Å²) >= 11 is 0. The summed E-state index contributed by atoms with van der Waals surface area (Å²) in [6.07, 6.45) is 1.94.